The van der Waals surface area contributed by atoms with E-state index in [2.05, 4.69) is 4.99 Å². The minimum Gasteiger partial charge on any atom is -0.301 e. The number of rotatable bonds is 1. The van der Waals surface area contributed by atoms with Crippen molar-refractivity contribution in [3.63, 3.8) is 0 Å². The summed E-state index contributed by atoms with van der Waals surface area (Å²) in [6.07, 6.45) is 3.90. The number of carbonyl (C=O) groups is 1. The van der Waals surface area contributed by atoms with Gasteiger partial charge in [-0.25, -0.2) is 4.99 Å². The van der Waals surface area contributed by atoms with Crippen molar-refractivity contribution in [2.45, 2.75) is 11.3 Å². The molecule has 1 aliphatic rings. The van der Waals surface area contributed by atoms with E-state index in [1.165, 1.54) is 12.3 Å². The summed E-state index contributed by atoms with van der Waals surface area (Å²) in [4.78, 5) is 13.1. The molecule has 1 aliphatic heterocycles. The summed E-state index contributed by atoms with van der Waals surface area (Å²) in [5.74, 6) is 0. The molecule has 0 aromatic heterocycles. The molecule has 1 unspecified atom stereocenters. The lowest BCUT2D eigenvalue weighted by molar-refractivity contribution is -0.108. The third-order valence-electron chi connectivity index (χ3n) is 1.18. The molecule has 10 heavy (non-hydrogen) atoms. The molecule has 1 heterocycles. The molecule has 2 nitrogen and oxygen atoms in total. The Morgan fingerprint density at radius 3 is 2.90 bits per heavy atom. The van der Waals surface area contributed by atoms with E-state index in [1.807, 2.05) is 0 Å². The summed E-state index contributed by atoms with van der Waals surface area (Å²) in [5.41, 5.74) is 0. The van der Waals surface area contributed by atoms with Gasteiger partial charge in [0.1, 0.15) is 16.3 Å². The highest BCUT2D eigenvalue weighted by atomic mass is 35.5. The fourth-order valence-corrected chi connectivity index (χ4v) is 1.18. The minimum absolute atomic E-state index is 0.288. The Balaban J connectivity index is 2.80. The van der Waals surface area contributed by atoms with Crippen LogP contribution in [-0.2, 0) is 4.79 Å². The molecule has 0 fully saturated rings. The van der Waals surface area contributed by atoms with Crippen molar-refractivity contribution in [2.24, 2.45) is 4.99 Å². The monoisotopic (exact) mass is 177 g/mol. The highest BCUT2D eigenvalue weighted by Gasteiger charge is 2.26. The average Bonchev–Trinajstić information content (AvgIpc) is 1.88. The van der Waals surface area contributed by atoms with Gasteiger partial charge in [0.25, 0.3) is 0 Å². The topological polar surface area (TPSA) is 29.4 Å². The fraction of sp³-hybridized carbons (Fsp3) is 0.333. The van der Waals surface area contributed by atoms with Gasteiger partial charge in [0.15, 0.2) is 0 Å². The maximum atomic E-state index is 10.3. The highest BCUT2D eigenvalue weighted by molar-refractivity contribution is 6.66. The number of halogens is 2. The Morgan fingerprint density at radius 1 is 1.80 bits per heavy atom. The molecule has 0 aliphatic carbocycles. The van der Waals surface area contributed by atoms with Gasteiger partial charge in [0.05, 0.1) is 0 Å². The molecule has 0 bridgehead atoms. The number of allylic oxidation sites excluding steroid dienone is 1. The Morgan fingerprint density at radius 2 is 2.50 bits per heavy atom. The van der Waals surface area contributed by atoms with Crippen molar-refractivity contribution >= 4 is 34.7 Å². The molecular formula is C6H5Cl2NO. The maximum absolute atomic E-state index is 10.3. The van der Waals surface area contributed by atoms with E-state index >= 15 is 0 Å². The molecule has 0 spiro atoms. The second-order valence-electron chi connectivity index (χ2n) is 2.04. The van der Waals surface area contributed by atoms with Crippen LogP contribution in [0.4, 0.5) is 0 Å². The van der Waals surface area contributed by atoms with E-state index in [9.17, 15) is 4.79 Å². The largest absolute Gasteiger partial charge is 0.301 e. The standard InChI is InChI=1S/C6H5Cl2NO/c7-5-3-6(8,4-10)1-2-9-5/h1-2,4H,3H2. The number of hydrogen-bond donors (Lipinski definition) is 0. The molecule has 1 atom stereocenters. The molecule has 4 heteroatoms. The van der Waals surface area contributed by atoms with Crippen LogP contribution in [0.25, 0.3) is 0 Å². The van der Waals surface area contributed by atoms with Gasteiger partial charge in [-0.3, -0.25) is 0 Å². The van der Waals surface area contributed by atoms with E-state index in [1.54, 1.807) is 0 Å². The van der Waals surface area contributed by atoms with Crippen LogP contribution < -0.4 is 0 Å². The Kier molecular flexibility index (Phi) is 2.11. The van der Waals surface area contributed by atoms with Gasteiger partial charge in [0, 0.05) is 12.6 Å². The second kappa shape index (κ2) is 2.72. The first-order chi connectivity index (χ1) is 4.66. The zero-order valence-corrected chi connectivity index (χ0v) is 6.56. The van der Waals surface area contributed by atoms with Crippen LogP contribution in [0, 0.1) is 0 Å². The van der Waals surface area contributed by atoms with Crippen LogP contribution in [0.1, 0.15) is 6.42 Å². The van der Waals surface area contributed by atoms with E-state index in [0.29, 0.717) is 11.5 Å². The molecule has 0 aromatic carbocycles. The number of aliphatic imine (C=N–C) groups is 1. The highest BCUT2D eigenvalue weighted by Crippen LogP contribution is 2.24. The van der Waals surface area contributed by atoms with Gasteiger partial charge in [-0.15, -0.1) is 11.6 Å². The molecule has 0 aromatic rings. The zero-order valence-electron chi connectivity index (χ0n) is 5.05. The van der Waals surface area contributed by atoms with Crippen molar-refractivity contribution in [1.82, 2.24) is 0 Å². The quantitative estimate of drug-likeness (QED) is 0.444. The van der Waals surface area contributed by atoms with E-state index in [0.717, 1.165) is 0 Å². The first kappa shape index (κ1) is 7.76. The molecule has 1 rings (SSSR count). The summed E-state index contributed by atoms with van der Waals surface area (Å²) in [6, 6.07) is 0. The molecule has 0 N–H and O–H groups in total. The summed E-state index contributed by atoms with van der Waals surface area (Å²) < 4.78 is 0. The van der Waals surface area contributed by atoms with Crippen molar-refractivity contribution in [2.75, 3.05) is 0 Å². The normalized spacial score (nSPS) is 31.6. The summed E-state index contributed by atoms with van der Waals surface area (Å²) >= 11 is 11.3. The van der Waals surface area contributed by atoms with E-state index in [-0.39, 0.29) is 6.42 Å². The third-order valence-corrected chi connectivity index (χ3v) is 1.76. The van der Waals surface area contributed by atoms with Crippen LogP contribution in [0.3, 0.4) is 0 Å². The van der Waals surface area contributed by atoms with Crippen molar-refractivity contribution < 1.29 is 4.79 Å². The van der Waals surface area contributed by atoms with Gasteiger partial charge in [0.2, 0.25) is 0 Å². The maximum Gasteiger partial charge on any atom is 0.145 e. The van der Waals surface area contributed by atoms with Crippen LogP contribution >= 0.6 is 23.2 Å². The van der Waals surface area contributed by atoms with Gasteiger partial charge >= 0.3 is 0 Å². The first-order valence-electron chi connectivity index (χ1n) is 2.71. The first-order valence-corrected chi connectivity index (χ1v) is 3.47. The number of nitrogens with zero attached hydrogens (tertiary/aromatic N) is 1. The summed E-state index contributed by atoms with van der Waals surface area (Å²) in [7, 11) is 0. The van der Waals surface area contributed by atoms with Gasteiger partial charge < -0.3 is 4.79 Å². The van der Waals surface area contributed by atoms with Gasteiger partial charge in [-0.2, -0.15) is 0 Å². The second-order valence-corrected chi connectivity index (χ2v) is 3.18. The smallest absolute Gasteiger partial charge is 0.145 e. The number of carbonyl (C=O) groups excluding carboxylic acids is 1. The lowest BCUT2D eigenvalue weighted by atomic mass is 10.1. The van der Waals surface area contributed by atoms with Crippen molar-refractivity contribution in [3.8, 4) is 0 Å². The Bertz CT molecular complexity index is 212. The van der Waals surface area contributed by atoms with Gasteiger partial charge in [-0.05, 0) is 6.08 Å². The fourth-order valence-electron chi connectivity index (χ4n) is 0.651. The lowest BCUT2D eigenvalue weighted by Gasteiger charge is -2.16. The molecular weight excluding hydrogens is 173 g/mol. The predicted molar refractivity (Wildman–Crippen MR) is 41.7 cm³/mol. The Labute approximate surface area is 68.5 Å². The van der Waals surface area contributed by atoms with E-state index in [4.69, 9.17) is 23.2 Å². The number of alkyl halides is 1. The van der Waals surface area contributed by atoms with Crippen LogP contribution in [-0.4, -0.2) is 16.3 Å². The number of aldehydes is 1. The molecule has 54 valence electrons. The summed E-state index contributed by atoms with van der Waals surface area (Å²) in [6.45, 7) is 0. The molecule has 0 saturated heterocycles. The molecule has 0 amide bonds. The van der Waals surface area contributed by atoms with Crippen molar-refractivity contribution in [3.05, 3.63) is 12.3 Å². The van der Waals surface area contributed by atoms with Crippen LogP contribution in [0.5, 0.6) is 0 Å². The lowest BCUT2D eigenvalue weighted by Crippen LogP contribution is -2.24. The SMILES string of the molecule is O=CC1(Cl)C=CN=C(Cl)C1. The minimum atomic E-state index is -0.959. The van der Waals surface area contributed by atoms with Crippen LogP contribution in [0.15, 0.2) is 17.3 Å². The predicted octanol–water partition coefficient (Wildman–Crippen LogP) is 1.72. The number of hydrogen-bond acceptors (Lipinski definition) is 2. The molecule has 0 saturated carbocycles. The summed E-state index contributed by atoms with van der Waals surface area (Å²) in [5, 5.41) is 0.365. The third kappa shape index (κ3) is 1.58. The van der Waals surface area contributed by atoms with E-state index < -0.39 is 4.87 Å². The zero-order chi connectivity index (χ0) is 7.61. The van der Waals surface area contributed by atoms with Gasteiger partial charge in [-0.1, -0.05) is 11.6 Å². The average molecular weight is 178 g/mol. The molecule has 0 radical (unpaired) electrons. The van der Waals surface area contributed by atoms with Crippen molar-refractivity contribution in [1.29, 1.82) is 0 Å². The van der Waals surface area contributed by atoms with Crippen LogP contribution in [0.2, 0.25) is 0 Å². The Hall–Kier alpha value is -0.340.